The van der Waals surface area contributed by atoms with Crippen molar-refractivity contribution in [1.29, 1.82) is 0 Å². The van der Waals surface area contributed by atoms with Crippen molar-refractivity contribution in [3.63, 3.8) is 0 Å². The quantitative estimate of drug-likeness (QED) is 0.422. The van der Waals surface area contributed by atoms with Gasteiger partial charge < -0.3 is 0 Å². The molecular formula is C21H12ClFN2O3S2. The molecule has 3 aromatic rings. The zero-order valence-electron chi connectivity index (χ0n) is 15.1. The fourth-order valence-corrected chi connectivity index (χ4v) is 4.93. The number of hydrogen-bond acceptors (Lipinski definition) is 5. The number of anilines is 1. The average Bonchev–Trinajstić information content (AvgIpc) is 3.14. The van der Waals surface area contributed by atoms with Crippen LogP contribution in [-0.4, -0.2) is 17.8 Å². The predicted octanol–water partition coefficient (Wildman–Crippen LogP) is 5.36. The number of carbonyl (C=O) groups is 3. The number of rotatable bonds is 4. The summed E-state index contributed by atoms with van der Waals surface area (Å²) in [7, 11) is 0. The van der Waals surface area contributed by atoms with Crippen LogP contribution in [0.4, 0.5) is 14.9 Å². The maximum absolute atomic E-state index is 13.5. The lowest BCUT2D eigenvalue weighted by molar-refractivity contribution is -0.122. The third-order valence-electron chi connectivity index (χ3n) is 4.09. The summed E-state index contributed by atoms with van der Waals surface area (Å²) < 4.78 is 14.5. The van der Waals surface area contributed by atoms with Crippen molar-refractivity contribution in [1.82, 2.24) is 5.32 Å². The van der Waals surface area contributed by atoms with Gasteiger partial charge in [0.1, 0.15) is 11.4 Å². The van der Waals surface area contributed by atoms with Gasteiger partial charge in [-0.25, -0.2) is 14.1 Å². The van der Waals surface area contributed by atoms with Gasteiger partial charge in [-0.3, -0.25) is 14.9 Å². The summed E-state index contributed by atoms with van der Waals surface area (Å²) in [6.07, 6.45) is 1.42. The molecule has 0 bridgehead atoms. The molecule has 0 spiro atoms. The molecule has 5 nitrogen and oxygen atoms in total. The first-order valence-electron chi connectivity index (χ1n) is 8.61. The minimum Gasteiger partial charge on any atom is -0.273 e. The molecule has 1 saturated heterocycles. The van der Waals surface area contributed by atoms with Crippen LogP contribution in [0.5, 0.6) is 0 Å². The first-order chi connectivity index (χ1) is 14.4. The summed E-state index contributed by atoms with van der Waals surface area (Å²) >= 11 is 8.80. The topological polar surface area (TPSA) is 66.5 Å². The summed E-state index contributed by atoms with van der Waals surface area (Å²) in [5.41, 5.74) is -0.162. The van der Waals surface area contributed by atoms with Crippen molar-refractivity contribution in [2.45, 2.75) is 9.10 Å². The number of halogens is 2. The molecule has 4 rings (SSSR count). The van der Waals surface area contributed by atoms with Gasteiger partial charge >= 0.3 is 6.03 Å². The molecule has 1 aliphatic heterocycles. The SMILES string of the molecule is O=C1NC(=O)N(c2cccc(F)c2)C(=O)/C1=C/c1ccc(Sc2ccc(Cl)cc2)s1. The van der Waals surface area contributed by atoms with E-state index in [9.17, 15) is 18.8 Å². The van der Waals surface area contributed by atoms with Crippen molar-refractivity contribution in [2.75, 3.05) is 4.90 Å². The Morgan fingerprint density at radius 3 is 2.53 bits per heavy atom. The zero-order chi connectivity index (χ0) is 21.3. The molecule has 2 heterocycles. The van der Waals surface area contributed by atoms with Crippen molar-refractivity contribution in [2.24, 2.45) is 0 Å². The molecule has 1 N–H and O–H groups in total. The molecule has 0 atom stereocenters. The number of barbiturate groups is 1. The van der Waals surface area contributed by atoms with Gasteiger partial charge in [0.25, 0.3) is 11.8 Å². The Morgan fingerprint density at radius 2 is 1.80 bits per heavy atom. The largest absolute Gasteiger partial charge is 0.335 e. The third-order valence-corrected chi connectivity index (χ3v) is 6.51. The van der Waals surface area contributed by atoms with Gasteiger partial charge in [0.15, 0.2) is 0 Å². The fraction of sp³-hybridized carbons (Fsp3) is 0. The van der Waals surface area contributed by atoms with Crippen LogP contribution in [0.15, 0.2) is 75.3 Å². The predicted molar refractivity (Wildman–Crippen MR) is 115 cm³/mol. The van der Waals surface area contributed by atoms with Crippen LogP contribution in [0.25, 0.3) is 6.08 Å². The number of carbonyl (C=O) groups excluding carboxylic acids is 3. The second kappa shape index (κ2) is 8.43. The van der Waals surface area contributed by atoms with Gasteiger partial charge in [-0.15, -0.1) is 11.3 Å². The van der Waals surface area contributed by atoms with E-state index in [4.69, 9.17) is 11.6 Å². The van der Waals surface area contributed by atoms with E-state index >= 15 is 0 Å². The number of amides is 4. The minimum atomic E-state index is -0.919. The highest BCUT2D eigenvalue weighted by Crippen LogP contribution is 2.35. The second-order valence-electron chi connectivity index (χ2n) is 6.15. The van der Waals surface area contributed by atoms with Crippen LogP contribution in [0, 0.1) is 5.82 Å². The van der Waals surface area contributed by atoms with Gasteiger partial charge in [-0.2, -0.15) is 0 Å². The Labute approximate surface area is 184 Å². The Bertz CT molecular complexity index is 1190. The Hall–Kier alpha value is -2.94. The minimum absolute atomic E-state index is 0.0427. The van der Waals surface area contributed by atoms with E-state index in [0.29, 0.717) is 9.90 Å². The number of thiophene rings is 1. The van der Waals surface area contributed by atoms with Gasteiger partial charge in [-0.1, -0.05) is 29.4 Å². The normalized spacial score (nSPS) is 15.6. The second-order valence-corrected chi connectivity index (χ2v) is 9.08. The molecule has 1 aromatic heterocycles. The first-order valence-corrected chi connectivity index (χ1v) is 10.6. The summed E-state index contributed by atoms with van der Waals surface area (Å²) in [6.45, 7) is 0. The first kappa shape index (κ1) is 20.3. The molecule has 4 amide bonds. The van der Waals surface area contributed by atoms with E-state index in [0.717, 1.165) is 20.1 Å². The van der Waals surface area contributed by atoms with E-state index in [-0.39, 0.29) is 11.3 Å². The van der Waals surface area contributed by atoms with Crippen molar-refractivity contribution in [3.8, 4) is 0 Å². The molecule has 0 aliphatic carbocycles. The van der Waals surface area contributed by atoms with Crippen molar-refractivity contribution >= 4 is 64.3 Å². The van der Waals surface area contributed by atoms with Crippen LogP contribution in [0.2, 0.25) is 5.02 Å². The van der Waals surface area contributed by atoms with Crippen LogP contribution >= 0.6 is 34.7 Å². The summed E-state index contributed by atoms with van der Waals surface area (Å²) in [4.78, 5) is 39.7. The van der Waals surface area contributed by atoms with E-state index < -0.39 is 23.7 Å². The standard InChI is InChI=1S/C21H12ClFN2O3S2/c22-12-4-6-15(7-5-12)29-18-9-8-16(30-18)11-17-19(26)24-21(28)25(20(17)27)14-3-1-2-13(23)10-14/h1-11H,(H,24,26,28)/b17-11+. The molecule has 1 fully saturated rings. The van der Waals surface area contributed by atoms with E-state index in [1.807, 2.05) is 18.2 Å². The number of imide groups is 2. The highest BCUT2D eigenvalue weighted by atomic mass is 35.5. The van der Waals surface area contributed by atoms with Crippen molar-refractivity contribution in [3.05, 3.63) is 82.0 Å². The summed E-state index contributed by atoms with van der Waals surface area (Å²) in [6, 6.07) is 15.2. The Kier molecular flexibility index (Phi) is 5.72. The van der Waals surface area contributed by atoms with Gasteiger partial charge in [-0.05, 0) is 60.7 Å². The molecule has 1 aliphatic rings. The lowest BCUT2D eigenvalue weighted by atomic mass is 10.1. The molecule has 0 radical (unpaired) electrons. The molecular weight excluding hydrogens is 447 g/mol. The van der Waals surface area contributed by atoms with Crippen LogP contribution in [0.1, 0.15) is 4.88 Å². The highest BCUT2D eigenvalue weighted by molar-refractivity contribution is 8.01. The zero-order valence-corrected chi connectivity index (χ0v) is 17.5. The fourth-order valence-electron chi connectivity index (χ4n) is 2.74. The van der Waals surface area contributed by atoms with Crippen LogP contribution in [-0.2, 0) is 9.59 Å². The molecule has 0 unspecified atom stereocenters. The number of benzene rings is 2. The van der Waals surface area contributed by atoms with E-state index in [1.165, 1.54) is 47.4 Å². The molecule has 0 saturated carbocycles. The smallest absolute Gasteiger partial charge is 0.273 e. The van der Waals surface area contributed by atoms with Gasteiger partial charge in [0, 0.05) is 14.8 Å². The average molecular weight is 459 g/mol. The maximum atomic E-state index is 13.5. The van der Waals surface area contributed by atoms with Gasteiger partial charge in [0.2, 0.25) is 0 Å². The van der Waals surface area contributed by atoms with Crippen LogP contribution < -0.4 is 10.2 Å². The lowest BCUT2D eigenvalue weighted by Crippen LogP contribution is -2.54. The van der Waals surface area contributed by atoms with Crippen LogP contribution in [0.3, 0.4) is 0 Å². The number of urea groups is 1. The van der Waals surface area contributed by atoms with Gasteiger partial charge in [0.05, 0.1) is 9.90 Å². The number of hydrogen-bond donors (Lipinski definition) is 1. The molecule has 30 heavy (non-hydrogen) atoms. The lowest BCUT2D eigenvalue weighted by Gasteiger charge is -2.26. The van der Waals surface area contributed by atoms with Crippen molar-refractivity contribution < 1.29 is 18.8 Å². The number of nitrogens with one attached hydrogen (secondary N) is 1. The maximum Gasteiger partial charge on any atom is 0.335 e. The van der Waals surface area contributed by atoms with E-state index in [2.05, 4.69) is 5.32 Å². The number of nitrogens with zero attached hydrogens (tertiary/aromatic N) is 1. The summed E-state index contributed by atoms with van der Waals surface area (Å²) in [5.74, 6) is -2.20. The Balaban J connectivity index is 1.60. The molecule has 9 heteroatoms. The summed E-state index contributed by atoms with van der Waals surface area (Å²) in [5, 5.41) is 2.77. The highest BCUT2D eigenvalue weighted by Gasteiger charge is 2.37. The molecule has 150 valence electrons. The van der Waals surface area contributed by atoms with E-state index in [1.54, 1.807) is 18.2 Å². The monoisotopic (exact) mass is 458 g/mol. The molecule has 2 aromatic carbocycles. The third kappa shape index (κ3) is 4.30. The Morgan fingerprint density at radius 1 is 1.03 bits per heavy atom.